The standard InChI is InChI=1S/C22H18ClN3O6/c1-13-3-4-14(2)16(9-13)12-32-21-11-17(25(28)29)6-8-19(21)24-22(27)15-5-7-18(23)20(10-15)26(30)31/h3-11H,12H2,1-2H3,(H,24,27). The van der Waals surface area contributed by atoms with Gasteiger partial charge in [0, 0.05) is 17.7 Å². The maximum atomic E-state index is 12.7. The molecule has 3 aromatic carbocycles. The van der Waals surface area contributed by atoms with E-state index in [0.717, 1.165) is 22.8 Å². The third kappa shape index (κ3) is 5.19. The maximum absolute atomic E-state index is 12.7. The number of ether oxygens (including phenoxy) is 1. The lowest BCUT2D eigenvalue weighted by Crippen LogP contribution is -2.13. The molecule has 0 unspecified atom stereocenters. The zero-order valence-electron chi connectivity index (χ0n) is 17.1. The van der Waals surface area contributed by atoms with Crippen molar-refractivity contribution in [1.82, 2.24) is 0 Å². The van der Waals surface area contributed by atoms with Crippen molar-refractivity contribution in [3.05, 3.63) is 102 Å². The fourth-order valence-electron chi connectivity index (χ4n) is 2.95. The van der Waals surface area contributed by atoms with Gasteiger partial charge in [0.15, 0.2) is 0 Å². The molecule has 1 N–H and O–H groups in total. The molecular formula is C22H18ClN3O6. The van der Waals surface area contributed by atoms with Gasteiger partial charge in [-0.1, -0.05) is 35.4 Å². The van der Waals surface area contributed by atoms with Crippen molar-refractivity contribution >= 4 is 34.6 Å². The molecule has 164 valence electrons. The van der Waals surface area contributed by atoms with Gasteiger partial charge in [-0.05, 0) is 43.2 Å². The summed E-state index contributed by atoms with van der Waals surface area (Å²) in [6.45, 7) is 3.99. The van der Waals surface area contributed by atoms with Crippen LogP contribution >= 0.6 is 11.6 Å². The molecule has 0 saturated heterocycles. The van der Waals surface area contributed by atoms with Crippen LogP contribution in [0.25, 0.3) is 0 Å². The fourth-order valence-corrected chi connectivity index (χ4v) is 3.13. The number of nitrogens with zero attached hydrogens (tertiary/aromatic N) is 2. The molecule has 0 spiro atoms. The molecule has 0 bridgehead atoms. The van der Waals surface area contributed by atoms with Crippen LogP contribution < -0.4 is 10.1 Å². The largest absolute Gasteiger partial charge is 0.486 e. The van der Waals surface area contributed by atoms with Crippen LogP contribution in [0.4, 0.5) is 17.1 Å². The second kappa shape index (κ2) is 9.44. The number of benzene rings is 3. The highest BCUT2D eigenvalue weighted by Gasteiger charge is 2.19. The predicted molar refractivity (Wildman–Crippen MR) is 119 cm³/mol. The Labute approximate surface area is 187 Å². The minimum atomic E-state index is -0.691. The number of nitro benzene ring substituents is 2. The lowest BCUT2D eigenvalue weighted by atomic mass is 10.1. The van der Waals surface area contributed by atoms with Crippen molar-refractivity contribution in [2.75, 3.05) is 5.32 Å². The number of rotatable bonds is 7. The van der Waals surface area contributed by atoms with Crippen molar-refractivity contribution < 1.29 is 19.4 Å². The van der Waals surface area contributed by atoms with Crippen molar-refractivity contribution in [3.8, 4) is 5.75 Å². The first kappa shape index (κ1) is 22.7. The summed E-state index contributed by atoms with van der Waals surface area (Å²) in [7, 11) is 0. The number of anilines is 1. The molecule has 0 aliphatic heterocycles. The molecule has 3 aromatic rings. The monoisotopic (exact) mass is 455 g/mol. The summed E-state index contributed by atoms with van der Waals surface area (Å²) in [5.41, 5.74) is 2.48. The molecule has 0 atom stereocenters. The lowest BCUT2D eigenvalue weighted by molar-refractivity contribution is -0.385. The average molecular weight is 456 g/mol. The molecule has 9 nitrogen and oxygen atoms in total. The van der Waals surface area contributed by atoms with E-state index >= 15 is 0 Å². The Morgan fingerprint density at radius 1 is 1.00 bits per heavy atom. The SMILES string of the molecule is Cc1ccc(C)c(COc2cc([N+](=O)[O-])ccc2NC(=O)c2ccc(Cl)c([N+](=O)[O-])c2)c1. The van der Waals surface area contributed by atoms with Crippen molar-refractivity contribution in [1.29, 1.82) is 0 Å². The highest BCUT2D eigenvalue weighted by Crippen LogP contribution is 2.32. The van der Waals surface area contributed by atoms with Gasteiger partial charge >= 0.3 is 0 Å². The summed E-state index contributed by atoms with van der Waals surface area (Å²) < 4.78 is 5.82. The first-order valence-corrected chi connectivity index (χ1v) is 9.76. The Bertz CT molecular complexity index is 1230. The van der Waals surface area contributed by atoms with Crippen molar-refractivity contribution in [2.45, 2.75) is 20.5 Å². The van der Waals surface area contributed by atoms with E-state index in [4.69, 9.17) is 16.3 Å². The Balaban J connectivity index is 1.89. The van der Waals surface area contributed by atoms with E-state index in [1.807, 2.05) is 32.0 Å². The molecule has 0 radical (unpaired) electrons. The molecular weight excluding hydrogens is 438 g/mol. The van der Waals surface area contributed by atoms with Crippen LogP contribution in [0, 0.1) is 34.1 Å². The van der Waals surface area contributed by atoms with Gasteiger partial charge < -0.3 is 10.1 Å². The van der Waals surface area contributed by atoms with E-state index < -0.39 is 21.4 Å². The zero-order chi connectivity index (χ0) is 23.4. The summed E-state index contributed by atoms with van der Waals surface area (Å²) >= 11 is 5.79. The smallest absolute Gasteiger partial charge is 0.288 e. The Morgan fingerprint density at radius 3 is 2.44 bits per heavy atom. The second-order valence-corrected chi connectivity index (χ2v) is 7.44. The summed E-state index contributed by atoms with van der Waals surface area (Å²) in [5, 5.41) is 24.8. The minimum absolute atomic E-state index is 0.0000635. The maximum Gasteiger partial charge on any atom is 0.288 e. The number of hydrogen-bond donors (Lipinski definition) is 1. The number of aryl methyl sites for hydroxylation is 2. The summed E-state index contributed by atoms with van der Waals surface area (Å²) in [6.07, 6.45) is 0. The first-order chi connectivity index (χ1) is 15.2. The van der Waals surface area contributed by atoms with E-state index in [2.05, 4.69) is 5.32 Å². The van der Waals surface area contributed by atoms with E-state index in [0.29, 0.717) is 0 Å². The van der Waals surface area contributed by atoms with Gasteiger partial charge in [-0.2, -0.15) is 0 Å². The molecule has 10 heteroatoms. The average Bonchev–Trinajstić information content (AvgIpc) is 2.75. The van der Waals surface area contributed by atoms with Gasteiger partial charge in [0.05, 0.1) is 21.6 Å². The number of nitrogens with one attached hydrogen (secondary N) is 1. The number of non-ortho nitro benzene ring substituents is 1. The van der Waals surface area contributed by atoms with Crippen molar-refractivity contribution in [3.63, 3.8) is 0 Å². The van der Waals surface area contributed by atoms with Crippen LogP contribution in [0.1, 0.15) is 27.0 Å². The molecule has 0 aliphatic carbocycles. The summed E-state index contributed by atoms with van der Waals surface area (Å²) in [5.74, 6) is -0.563. The van der Waals surface area contributed by atoms with E-state index in [1.165, 1.54) is 30.3 Å². The quantitative estimate of drug-likeness (QED) is 0.365. The zero-order valence-corrected chi connectivity index (χ0v) is 17.9. The van der Waals surface area contributed by atoms with Crippen LogP contribution in [-0.2, 0) is 6.61 Å². The highest BCUT2D eigenvalue weighted by atomic mass is 35.5. The lowest BCUT2D eigenvalue weighted by Gasteiger charge is -2.14. The van der Waals surface area contributed by atoms with Gasteiger partial charge in [0.25, 0.3) is 17.3 Å². The van der Waals surface area contributed by atoms with Gasteiger partial charge in [0.1, 0.15) is 17.4 Å². The van der Waals surface area contributed by atoms with Crippen LogP contribution in [-0.4, -0.2) is 15.8 Å². The summed E-state index contributed by atoms with van der Waals surface area (Å²) in [4.78, 5) is 33.7. The van der Waals surface area contributed by atoms with Gasteiger partial charge in [-0.25, -0.2) is 0 Å². The fraction of sp³-hybridized carbons (Fsp3) is 0.136. The molecule has 0 fully saturated rings. The van der Waals surface area contributed by atoms with Gasteiger partial charge in [-0.3, -0.25) is 25.0 Å². The van der Waals surface area contributed by atoms with Crippen molar-refractivity contribution in [2.24, 2.45) is 0 Å². The molecule has 0 aromatic heterocycles. The normalized spacial score (nSPS) is 10.5. The van der Waals surface area contributed by atoms with Crippen LogP contribution in [0.5, 0.6) is 5.75 Å². The molecule has 32 heavy (non-hydrogen) atoms. The highest BCUT2D eigenvalue weighted by molar-refractivity contribution is 6.32. The van der Waals surface area contributed by atoms with E-state index in [9.17, 15) is 25.0 Å². The van der Waals surface area contributed by atoms with Gasteiger partial charge in [0.2, 0.25) is 0 Å². The van der Waals surface area contributed by atoms with Crippen LogP contribution in [0.15, 0.2) is 54.6 Å². The first-order valence-electron chi connectivity index (χ1n) is 9.38. The minimum Gasteiger partial charge on any atom is -0.486 e. The molecule has 1 amide bonds. The number of carbonyl (C=O) groups excluding carboxylic acids is 1. The molecule has 0 heterocycles. The van der Waals surface area contributed by atoms with E-state index in [1.54, 1.807) is 0 Å². The second-order valence-electron chi connectivity index (χ2n) is 7.03. The predicted octanol–water partition coefficient (Wildman–Crippen LogP) is 5.60. The molecule has 0 saturated carbocycles. The van der Waals surface area contributed by atoms with Crippen LogP contribution in [0.2, 0.25) is 5.02 Å². The molecule has 0 aliphatic rings. The van der Waals surface area contributed by atoms with E-state index in [-0.39, 0.29) is 34.3 Å². The van der Waals surface area contributed by atoms with Gasteiger partial charge in [-0.15, -0.1) is 0 Å². The topological polar surface area (TPSA) is 125 Å². The van der Waals surface area contributed by atoms with Crippen LogP contribution in [0.3, 0.4) is 0 Å². The Morgan fingerprint density at radius 2 is 1.75 bits per heavy atom. The Kier molecular flexibility index (Phi) is 6.70. The Hall–Kier alpha value is -3.98. The number of nitro groups is 2. The number of hydrogen-bond acceptors (Lipinski definition) is 6. The number of carbonyl (C=O) groups is 1. The molecule has 3 rings (SSSR count). The third-order valence-corrected chi connectivity index (χ3v) is 5.04. The number of halogens is 1. The third-order valence-electron chi connectivity index (χ3n) is 4.72. The summed E-state index contributed by atoms with van der Waals surface area (Å²) in [6, 6.07) is 13.3. The number of amides is 1.